The second-order valence-electron chi connectivity index (χ2n) is 4.19. The molecule has 0 heterocycles. The van der Waals surface area contributed by atoms with E-state index in [1.807, 2.05) is 19.1 Å². The molecule has 0 aromatic heterocycles. The Morgan fingerprint density at radius 1 is 1.11 bits per heavy atom. The van der Waals surface area contributed by atoms with Crippen molar-refractivity contribution in [2.45, 2.75) is 11.8 Å². The number of hydrogen-bond acceptors (Lipinski definition) is 2. The van der Waals surface area contributed by atoms with Crippen LogP contribution in [-0.4, -0.2) is 15.7 Å². The van der Waals surface area contributed by atoms with Crippen LogP contribution in [0.1, 0.15) is 15.9 Å². The Labute approximate surface area is 113 Å². The molecule has 0 spiro atoms. The first-order valence-electron chi connectivity index (χ1n) is 5.80. The molecule has 1 atom stereocenters. The summed E-state index contributed by atoms with van der Waals surface area (Å²) in [6, 6.07) is 12.5. The average Bonchev–Trinajstić information content (AvgIpc) is 2.39. The molecule has 4 heteroatoms. The SMILES string of the molecule is Cc1ccccc1S(=O)CC(=O)c1ccc(F)cc1. The lowest BCUT2D eigenvalue weighted by molar-refractivity contribution is 0.102. The normalized spacial score (nSPS) is 12.1. The van der Waals surface area contributed by atoms with Crippen molar-refractivity contribution in [3.8, 4) is 0 Å². The van der Waals surface area contributed by atoms with Crippen molar-refractivity contribution in [3.63, 3.8) is 0 Å². The van der Waals surface area contributed by atoms with E-state index in [2.05, 4.69) is 0 Å². The summed E-state index contributed by atoms with van der Waals surface area (Å²) in [5.41, 5.74) is 1.27. The Morgan fingerprint density at radius 2 is 1.74 bits per heavy atom. The molecule has 0 aliphatic heterocycles. The Kier molecular flexibility index (Phi) is 4.22. The molecule has 0 aliphatic rings. The molecule has 0 aliphatic carbocycles. The smallest absolute Gasteiger partial charge is 0.175 e. The molecule has 0 fully saturated rings. The summed E-state index contributed by atoms with van der Waals surface area (Å²) >= 11 is 0. The molecule has 0 bridgehead atoms. The molecular formula is C15H13FO2S. The summed E-state index contributed by atoms with van der Waals surface area (Å²) in [6.45, 7) is 1.86. The van der Waals surface area contributed by atoms with Gasteiger partial charge in [-0.05, 0) is 42.8 Å². The number of ketones is 1. The average molecular weight is 276 g/mol. The van der Waals surface area contributed by atoms with Crippen LogP contribution < -0.4 is 0 Å². The molecule has 0 N–H and O–H groups in total. The highest BCUT2D eigenvalue weighted by atomic mass is 32.2. The minimum atomic E-state index is -1.37. The van der Waals surface area contributed by atoms with Crippen LogP contribution in [-0.2, 0) is 10.8 Å². The summed E-state index contributed by atoms with van der Waals surface area (Å²) in [7, 11) is -1.37. The number of halogens is 1. The van der Waals surface area contributed by atoms with Crippen LogP contribution in [0.5, 0.6) is 0 Å². The van der Waals surface area contributed by atoms with E-state index in [0.717, 1.165) is 5.56 Å². The van der Waals surface area contributed by atoms with Crippen LogP contribution >= 0.6 is 0 Å². The van der Waals surface area contributed by atoms with Gasteiger partial charge in [0.15, 0.2) is 5.78 Å². The van der Waals surface area contributed by atoms with Gasteiger partial charge in [0, 0.05) is 10.5 Å². The van der Waals surface area contributed by atoms with Gasteiger partial charge in [-0.1, -0.05) is 18.2 Å². The van der Waals surface area contributed by atoms with Crippen molar-refractivity contribution in [2.75, 3.05) is 5.75 Å². The Morgan fingerprint density at radius 3 is 2.37 bits per heavy atom. The highest BCUT2D eigenvalue weighted by Crippen LogP contribution is 2.14. The van der Waals surface area contributed by atoms with Crippen molar-refractivity contribution in [1.82, 2.24) is 0 Å². The fourth-order valence-electron chi connectivity index (χ4n) is 1.73. The highest BCUT2D eigenvalue weighted by molar-refractivity contribution is 7.85. The van der Waals surface area contributed by atoms with E-state index >= 15 is 0 Å². The lowest BCUT2D eigenvalue weighted by atomic mass is 10.1. The van der Waals surface area contributed by atoms with Crippen LogP contribution in [0.15, 0.2) is 53.4 Å². The predicted octanol–water partition coefficient (Wildman–Crippen LogP) is 3.12. The zero-order valence-corrected chi connectivity index (χ0v) is 11.2. The molecule has 2 nitrogen and oxygen atoms in total. The number of carbonyl (C=O) groups excluding carboxylic acids is 1. The molecule has 2 aromatic rings. The zero-order valence-electron chi connectivity index (χ0n) is 10.4. The quantitative estimate of drug-likeness (QED) is 0.804. The number of carbonyl (C=O) groups is 1. The van der Waals surface area contributed by atoms with Gasteiger partial charge < -0.3 is 0 Å². The summed E-state index contributed by atoms with van der Waals surface area (Å²) in [5.74, 6) is -0.727. The minimum absolute atomic E-state index is 0.0868. The number of hydrogen-bond donors (Lipinski definition) is 0. The van der Waals surface area contributed by atoms with Gasteiger partial charge >= 0.3 is 0 Å². The van der Waals surface area contributed by atoms with E-state index < -0.39 is 16.6 Å². The molecule has 0 saturated heterocycles. The van der Waals surface area contributed by atoms with Gasteiger partial charge in [-0.3, -0.25) is 9.00 Å². The molecule has 19 heavy (non-hydrogen) atoms. The maximum absolute atomic E-state index is 12.8. The Hall–Kier alpha value is -1.81. The van der Waals surface area contributed by atoms with E-state index in [1.54, 1.807) is 12.1 Å². The summed E-state index contributed by atoms with van der Waals surface area (Å²) in [6.07, 6.45) is 0. The van der Waals surface area contributed by atoms with Gasteiger partial charge in [0.05, 0.1) is 16.6 Å². The van der Waals surface area contributed by atoms with Crippen LogP contribution in [0.3, 0.4) is 0 Å². The van der Waals surface area contributed by atoms with Crippen LogP contribution in [0.2, 0.25) is 0 Å². The monoisotopic (exact) mass is 276 g/mol. The highest BCUT2D eigenvalue weighted by Gasteiger charge is 2.13. The van der Waals surface area contributed by atoms with Gasteiger partial charge in [0.25, 0.3) is 0 Å². The number of Topliss-reactive ketones (excluding diaryl/α,β-unsaturated/α-hetero) is 1. The molecule has 0 radical (unpaired) electrons. The lowest BCUT2D eigenvalue weighted by Crippen LogP contribution is -2.11. The van der Waals surface area contributed by atoms with Gasteiger partial charge in [0.1, 0.15) is 5.82 Å². The van der Waals surface area contributed by atoms with Crippen molar-refractivity contribution in [3.05, 3.63) is 65.5 Å². The first kappa shape index (κ1) is 13.6. The third kappa shape index (κ3) is 3.35. The zero-order chi connectivity index (χ0) is 13.8. The van der Waals surface area contributed by atoms with Crippen molar-refractivity contribution in [1.29, 1.82) is 0 Å². The summed E-state index contributed by atoms with van der Waals surface area (Å²) in [5, 5.41) is 0. The summed E-state index contributed by atoms with van der Waals surface area (Å²) in [4.78, 5) is 12.6. The molecule has 1 unspecified atom stereocenters. The Balaban J connectivity index is 2.13. The third-order valence-electron chi connectivity index (χ3n) is 2.77. The Bertz CT molecular complexity index is 620. The van der Waals surface area contributed by atoms with Crippen LogP contribution in [0, 0.1) is 12.7 Å². The van der Waals surface area contributed by atoms with Gasteiger partial charge in [-0.25, -0.2) is 4.39 Å². The molecule has 2 aromatic carbocycles. The molecule has 2 rings (SSSR count). The second-order valence-corrected chi connectivity index (χ2v) is 5.60. The largest absolute Gasteiger partial charge is 0.293 e. The van der Waals surface area contributed by atoms with Crippen LogP contribution in [0.4, 0.5) is 4.39 Å². The summed E-state index contributed by atoms with van der Waals surface area (Å²) < 4.78 is 24.9. The van der Waals surface area contributed by atoms with Gasteiger partial charge in [-0.2, -0.15) is 0 Å². The first-order chi connectivity index (χ1) is 9.08. The fraction of sp³-hybridized carbons (Fsp3) is 0.133. The molecule has 0 saturated carbocycles. The predicted molar refractivity (Wildman–Crippen MR) is 73.2 cm³/mol. The van der Waals surface area contributed by atoms with E-state index in [9.17, 15) is 13.4 Å². The molecule has 98 valence electrons. The van der Waals surface area contributed by atoms with Crippen molar-refractivity contribution >= 4 is 16.6 Å². The minimum Gasteiger partial charge on any atom is -0.293 e. The lowest BCUT2D eigenvalue weighted by Gasteiger charge is -2.05. The third-order valence-corrected chi connectivity index (χ3v) is 4.24. The maximum atomic E-state index is 12.8. The van der Waals surface area contributed by atoms with E-state index in [1.165, 1.54) is 24.3 Å². The maximum Gasteiger partial charge on any atom is 0.175 e. The van der Waals surface area contributed by atoms with Gasteiger partial charge in [-0.15, -0.1) is 0 Å². The van der Waals surface area contributed by atoms with Crippen molar-refractivity contribution in [2.24, 2.45) is 0 Å². The molecular weight excluding hydrogens is 263 g/mol. The second kappa shape index (κ2) is 5.89. The van der Waals surface area contributed by atoms with Crippen molar-refractivity contribution < 1.29 is 13.4 Å². The standard InChI is InChI=1S/C15H13FO2S/c1-11-4-2-3-5-15(11)19(18)10-14(17)12-6-8-13(16)9-7-12/h2-9H,10H2,1H3. The number of rotatable bonds is 4. The van der Waals surface area contributed by atoms with E-state index in [4.69, 9.17) is 0 Å². The fourth-order valence-corrected chi connectivity index (χ4v) is 2.95. The van der Waals surface area contributed by atoms with E-state index in [-0.39, 0.29) is 11.5 Å². The van der Waals surface area contributed by atoms with Gasteiger partial charge in [0.2, 0.25) is 0 Å². The topological polar surface area (TPSA) is 34.1 Å². The van der Waals surface area contributed by atoms with E-state index in [0.29, 0.717) is 10.5 Å². The van der Waals surface area contributed by atoms with Crippen LogP contribution in [0.25, 0.3) is 0 Å². The molecule has 0 amide bonds. The number of aryl methyl sites for hydroxylation is 1. The number of benzene rings is 2. The first-order valence-corrected chi connectivity index (χ1v) is 7.12.